The molecule has 2 heterocycles. The summed E-state index contributed by atoms with van der Waals surface area (Å²) in [5.41, 5.74) is 2.60. The number of benzene rings is 2. The lowest BCUT2D eigenvalue weighted by Crippen LogP contribution is -2.16. The van der Waals surface area contributed by atoms with Crippen LogP contribution in [0.1, 0.15) is 16.1 Å². The van der Waals surface area contributed by atoms with Crippen LogP contribution in [0.25, 0.3) is 10.9 Å². The van der Waals surface area contributed by atoms with Crippen LogP contribution in [0.4, 0.5) is 5.82 Å². The molecular weight excluding hydrogens is 348 g/mol. The Morgan fingerprint density at radius 3 is 2.69 bits per heavy atom. The summed E-state index contributed by atoms with van der Waals surface area (Å²) < 4.78 is 3.63. The summed E-state index contributed by atoms with van der Waals surface area (Å²) in [7, 11) is 1.85. The molecule has 0 saturated carbocycles. The molecule has 0 saturated heterocycles. The molecule has 0 aliphatic heterocycles. The number of nitrogens with zero attached hydrogens (tertiary/aromatic N) is 3. The normalized spacial score (nSPS) is 11.0. The number of rotatable bonds is 4. The Hall–Kier alpha value is -3.05. The van der Waals surface area contributed by atoms with Crippen molar-refractivity contribution in [1.82, 2.24) is 14.3 Å². The van der Waals surface area contributed by atoms with Gasteiger partial charge in [0, 0.05) is 35.2 Å². The highest BCUT2D eigenvalue weighted by Gasteiger charge is 2.15. The molecule has 0 unspecified atom stereocenters. The van der Waals surface area contributed by atoms with E-state index in [1.54, 1.807) is 16.8 Å². The first kappa shape index (κ1) is 16.4. The second-order valence-electron chi connectivity index (χ2n) is 6.10. The summed E-state index contributed by atoms with van der Waals surface area (Å²) in [5.74, 6) is 0.298. The molecule has 1 amide bonds. The smallest absolute Gasteiger partial charge is 0.273 e. The molecule has 4 aromatic rings. The van der Waals surface area contributed by atoms with Crippen LogP contribution in [0, 0.1) is 0 Å². The summed E-state index contributed by atoms with van der Waals surface area (Å²) in [4.78, 5) is 12.7. The Morgan fingerprint density at radius 1 is 1.12 bits per heavy atom. The maximum absolute atomic E-state index is 12.7. The second-order valence-corrected chi connectivity index (χ2v) is 6.51. The van der Waals surface area contributed by atoms with E-state index >= 15 is 0 Å². The first-order chi connectivity index (χ1) is 12.6. The van der Waals surface area contributed by atoms with E-state index in [1.165, 1.54) is 0 Å². The van der Waals surface area contributed by atoms with Gasteiger partial charge in [0.25, 0.3) is 5.91 Å². The number of aryl methyl sites for hydroxylation is 1. The van der Waals surface area contributed by atoms with Crippen LogP contribution in [-0.4, -0.2) is 20.3 Å². The van der Waals surface area contributed by atoms with E-state index in [0.717, 1.165) is 16.5 Å². The molecular formula is C20H17ClN4O. The molecule has 130 valence electrons. The fraction of sp³-hybridized carbons (Fsp3) is 0.100. The zero-order valence-corrected chi connectivity index (χ0v) is 14.9. The van der Waals surface area contributed by atoms with E-state index < -0.39 is 0 Å². The van der Waals surface area contributed by atoms with Gasteiger partial charge >= 0.3 is 0 Å². The highest BCUT2D eigenvalue weighted by Crippen LogP contribution is 2.26. The second kappa shape index (κ2) is 6.69. The monoisotopic (exact) mass is 364 g/mol. The van der Waals surface area contributed by atoms with Crippen LogP contribution in [-0.2, 0) is 13.6 Å². The standard InChI is InChI=1S/C20H17ClN4O/c1-24-17-9-5-8-16(21)15(17)12-18(24)20(26)22-19-10-11-25(23-19)13-14-6-3-2-4-7-14/h2-12H,13H2,1H3,(H,22,23,26). The SMILES string of the molecule is Cn1c(C(=O)Nc2ccn(Cc3ccccc3)n2)cc2c(Cl)cccc21. The number of aromatic nitrogens is 3. The number of nitrogens with one attached hydrogen (secondary N) is 1. The number of anilines is 1. The summed E-state index contributed by atoms with van der Waals surface area (Å²) in [6, 6.07) is 19.3. The quantitative estimate of drug-likeness (QED) is 0.586. The van der Waals surface area contributed by atoms with Gasteiger partial charge in [-0.3, -0.25) is 9.48 Å². The van der Waals surface area contributed by atoms with E-state index in [2.05, 4.69) is 10.4 Å². The largest absolute Gasteiger partial charge is 0.340 e. The third-order valence-electron chi connectivity index (χ3n) is 4.34. The lowest BCUT2D eigenvalue weighted by atomic mass is 10.2. The van der Waals surface area contributed by atoms with Crippen molar-refractivity contribution in [3.05, 3.63) is 83.1 Å². The average molecular weight is 365 g/mol. The Balaban J connectivity index is 1.54. The highest BCUT2D eigenvalue weighted by molar-refractivity contribution is 6.35. The minimum Gasteiger partial charge on any atom is -0.340 e. The van der Waals surface area contributed by atoms with E-state index in [-0.39, 0.29) is 5.91 Å². The third kappa shape index (κ3) is 3.09. The van der Waals surface area contributed by atoms with Crippen molar-refractivity contribution in [3.8, 4) is 0 Å². The Kier molecular flexibility index (Phi) is 4.22. The van der Waals surface area contributed by atoms with Gasteiger partial charge in [-0.1, -0.05) is 48.0 Å². The molecule has 2 aromatic carbocycles. The first-order valence-corrected chi connectivity index (χ1v) is 8.62. The number of carbonyl (C=O) groups excluding carboxylic acids is 1. The molecule has 2 aromatic heterocycles. The van der Waals surface area contributed by atoms with Gasteiger partial charge in [0.05, 0.1) is 6.54 Å². The molecule has 0 aliphatic carbocycles. The lowest BCUT2D eigenvalue weighted by Gasteiger charge is -2.05. The van der Waals surface area contributed by atoms with Crippen molar-refractivity contribution < 1.29 is 4.79 Å². The van der Waals surface area contributed by atoms with Crippen LogP contribution >= 0.6 is 11.6 Å². The summed E-state index contributed by atoms with van der Waals surface area (Å²) in [5, 5.41) is 8.76. The molecule has 6 heteroatoms. The van der Waals surface area contributed by atoms with E-state index in [9.17, 15) is 4.79 Å². The van der Waals surface area contributed by atoms with Crippen LogP contribution in [0.2, 0.25) is 5.02 Å². The van der Waals surface area contributed by atoms with E-state index in [1.807, 2.05) is 66.3 Å². The number of fused-ring (bicyclic) bond motifs is 1. The lowest BCUT2D eigenvalue weighted by molar-refractivity contribution is 0.101. The molecule has 0 bridgehead atoms. The predicted molar refractivity (Wildman–Crippen MR) is 104 cm³/mol. The number of hydrogen-bond donors (Lipinski definition) is 1. The molecule has 4 rings (SSSR count). The first-order valence-electron chi connectivity index (χ1n) is 8.24. The van der Waals surface area contributed by atoms with Crippen LogP contribution < -0.4 is 5.32 Å². The maximum atomic E-state index is 12.7. The minimum atomic E-state index is -0.218. The number of carbonyl (C=O) groups is 1. The number of amides is 1. The van der Waals surface area contributed by atoms with Gasteiger partial charge in [-0.2, -0.15) is 5.10 Å². The fourth-order valence-electron chi connectivity index (χ4n) is 3.01. The van der Waals surface area contributed by atoms with Crippen molar-refractivity contribution in [2.45, 2.75) is 6.54 Å². The molecule has 0 spiro atoms. The molecule has 0 aliphatic rings. The van der Waals surface area contributed by atoms with Crippen LogP contribution in [0.15, 0.2) is 66.9 Å². The number of hydrogen-bond acceptors (Lipinski definition) is 2. The molecule has 26 heavy (non-hydrogen) atoms. The Labute approximate surface area is 155 Å². The highest BCUT2D eigenvalue weighted by atomic mass is 35.5. The van der Waals surface area contributed by atoms with Crippen molar-refractivity contribution in [1.29, 1.82) is 0 Å². The zero-order chi connectivity index (χ0) is 18.1. The summed E-state index contributed by atoms with van der Waals surface area (Å²) in [6.07, 6.45) is 1.85. The summed E-state index contributed by atoms with van der Waals surface area (Å²) in [6.45, 7) is 0.653. The minimum absolute atomic E-state index is 0.218. The maximum Gasteiger partial charge on any atom is 0.273 e. The van der Waals surface area contributed by atoms with Crippen LogP contribution in [0.3, 0.4) is 0 Å². The topological polar surface area (TPSA) is 51.9 Å². The van der Waals surface area contributed by atoms with Gasteiger partial charge in [-0.15, -0.1) is 0 Å². The molecule has 0 fully saturated rings. The van der Waals surface area contributed by atoms with Gasteiger partial charge in [0.2, 0.25) is 0 Å². The van der Waals surface area contributed by atoms with Crippen molar-refractivity contribution >= 4 is 34.2 Å². The van der Waals surface area contributed by atoms with Gasteiger partial charge in [0.1, 0.15) is 5.69 Å². The van der Waals surface area contributed by atoms with Crippen LogP contribution in [0.5, 0.6) is 0 Å². The molecule has 5 nitrogen and oxygen atoms in total. The van der Waals surface area contributed by atoms with Crippen molar-refractivity contribution in [2.24, 2.45) is 7.05 Å². The average Bonchev–Trinajstić information content (AvgIpc) is 3.21. The van der Waals surface area contributed by atoms with Gasteiger partial charge in [0.15, 0.2) is 5.82 Å². The predicted octanol–water partition coefficient (Wildman–Crippen LogP) is 4.33. The van der Waals surface area contributed by atoms with E-state index in [0.29, 0.717) is 23.1 Å². The third-order valence-corrected chi connectivity index (χ3v) is 4.67. The number of halogens is 1. The van der Waals surface area contributed by atoms with Gasteiger partial charge in [-0.25, -0.2) is 0 Å². The van der Waals surface area contributed by atoms with Gasteiger partial charge in [-0.05, 0) is 23.8 Å². The van der Waals surface area contributed by atoms with Crippen molar-refractivity contribution in [2.75, 3.05) is 5.32 Å². The zero-order valence-electron chi connectivity index (χ0n) is 14.2. The Morgan fingerprint density at radius 2 is 1.92 bits per heavy atom. The molecule has 0 radical (unpaired) electrons. The molecule has 0 atom stereocenters. The van der Waals surface area contributed by atoms with Crippen molar-refractivity contribution in [3.63, 3.8) is 0 Å². The molecule has 1 N–H and O–H groups in total. The fourth-order valence-corrected chi connectivity index (χ4v) is 3.23. The van der Waals surface area contributed by atoms with Gasteiger partial charge < -0.3 is 9.88 Å². The summed E-state index contributed by atoms with van der Waals surface area (Å²) >= 11 is 6.23. The Bertz CT molecular complexity index is 1080. The van der Waals surface area contributed by atoms with E-state index in [4.69, 9.17) is 11.6 Å².